The van der Waals surface area contributed by atoms with Gasteiger partial charge in [0.2, 0.25) is 5.91 Å². The van der Waals surface area contributed by atoms with Crippen LogP contribution in [0.25, 0.3) is 0 Å². The predicted octanol–water partition coefficient (Wildman–Crippen LogP) is 2.36. The smallest absolute Gasteiger partial charge is 0.264 e. The van der Waals surface area contributed by atoms with Crippen LogP contribution in [0, 0.1) is 5.92 Å². The normalized spacial score (nSPS) is 25.7. The van der Waals surface area contributed by atoms with Gasteiger partial charge in [-0.2, -0.15) is 0 Å². The molecule has 3 atom stereocenters. The number of ether oxygens (including phenoxy) is 1. The number of nitrogens with zero attached hydrogens (tertiary/aromatic N) is 1. The number of thiophene rings is 2. The second kappa shape index (κ2) is 6.66. The fourth-order valence-electron chi connectivity index (χ4n) is 3.49. The molecule has 0 bridgehead atoms. The highest BCUT2D eigenvalue weighted by atomic mass is 32.1. The van der Waals surface area contributed by atoms with Crippen molar-refractivity contribution in [2.75, 3.05) is 13.2 Å². The molecule has 7 heteroatoms. The third-order valence-electron chi connectivity index (χ3n) is 4.64. The van der Waals surface area contributed by atoms with Gasteiger partial charge in [0.15, 0.2) is 0 Å². The Hall–Kier alpha value is -1.70. The lowest BCUT2D eigenvalue weighted by atomic mass is 10.0. The highest BCUT2D eigenvalue weighted by molar-refractivity contribution is 7.12. The third-order valence-corrected chi connectivity index (χ3v) is 6.37. The molecule has 2 aromatic rings. The second-order valence-corrected chi connectivity index (χ2v) is 8.01. The van der Waals surface area contributed by atoms with Gasteiger partial charge in [-0.25, -0.2) is 0 Å². The molecule has 24 heavy (non-hydrogen) atoms. The first-order chi connectivity index (χ1) is 11.7. The van der Waals surface area contributed by atoms with Gasteiger partial charge in [0.05, 0.1) is 29.5 Å². The Morgan fingerprint density at radius 1 is 1.25 bits per heavy atom. The number of hydrogen-bond acceptors (Lipinski definition) is 5. The maximum absolute atomic E-state index is 12.7. The molecule has 4 heterocycles. The van der Waals surface area contributed by atoms with Crippen molar-refractivity contribution in [1.29, 1.82) is 0 Å². The van der Waals surface area contributed by atoms with E-state index in [1.807, 2.05) is 39.9 Å². The van der Waals surface area contributed by atoms with Gasteiger partial charge in [0.25, 0.3) is 5.91 Å². The van der Waals surface area contributed by atoms with Crippen molar-refractivity contribution in [2.24, 2.45) is 5.92 Å². The van der Waals surface area contributed by atoms with E-state index in [1.165, 1.54) is 11.3 Å². The predicted molar refractivity (Wildman–Crippen MR) is 93.2 cm³/mol. The minimum atomic E-state index is -0.290. The standard InChI is InChI=1S/C17H18N2O3S2/c20-16(18-9-11-3-1-7-23-11)12-10-19(13-5-6-22-15(12)13)17(21)14-4-2-8-24-14/h1-4,7-8,12-13,15H,5-6,9-10H2,(H,18,20)/t12-,13-,15+/m1/s1. The van der Waals surface area contributed by atoms with Gasteiger partial charge >= 0.3 is 0 Å². The van der Waals surface area contributed by atoms with Gasteiger partial charge in [0.1, 0.15) is 0 Å². The molecule has 1 N–H and O–H groups in total. The Balaban J connectivity index is 1.46. The van der Waals surface area contributed by atoms with E-state index < -0.39 is 0 Å². The van der Waals surface area contributed by atoms with Crippen molar-refractivity contribution in [3.8, 4) is 0 Å². The molecule has 0 aliphatic carbocycles. The van der Waals surface area contributed by atoms with Crippen LogP contribution in [-0.4, -0.2) is 42.0 Å². The van der Waals surface area contributed by atoms with Gasteiger partial charge in [0, 0.05) is 18.0 Å². The van der Waals surface area contributed by atoms with Crippen LogP contribution in [0.2, 0.25) is 0 Å². The van der Waals surface area contributed by atoms with Crippen LogP contribution in [0.5, 0.6) is 0 Å². The summed E-state index contributed by atoms with van der Waals surface area (Å²) in [6.07, 6.45) is 0.619. The van der Waals surface area contributed by atoms with Crippen molar-refractivity contribution < 1.29 is 14.3 Å². The monoisotopic (exact) mass is 362 g/mol. The summed E-state index contributed by atoms with van der Waals surface area (Å²) in [6, 6.07) is 7.70. The topological polar surface area (TPSA) is 58.6 Å². The van der Waals surface area contributed by atoms with Crippen molar-refractivity contribution in [3.63, 3.8) is 0 Å². The van der Waals surface area contributed by atoms with E-state index in [-0.39, 0.29) is 29.9 Å². The summed E-state index contributed by atoms with van der Waals surface area (Å²) in [4.78, 5) is 29.0. The van der Waals surface area contributed by atoms with Crippen LogP contribution in [-0.2, 0) is 16.1 Å². The Labute approximate surface area is 148 Å². The molecule has 0 aromatic carbocycles. The van der Waals surface area contributed by atoms with E-state index in [0.717, 1.165) is 16.2 Å². The van der Waals surface area contributed by atoms with Crippen molar-refractivity contribution in [2.45, 2.75) is 25.1 Å². The molecule has 2 aliphatic rings. The Morgan fingerprint density at radius 3 is 2.83 bits per heavy atom. The maximum atomic E-state index is 12.7. The van der Waals surface area contributed by atoms with Gasteiger partial charge in [-0.15, -0.1) is 22.7 Å². The average molecular weight is 362 g/mol. The molecule has 5 nitrogen and oxygen atoms in total. The molecular weight excluding hydrogens is 344 g/mol. The molecule has 4 rings (SSSR count). The minimum absolute atomic E-state index is 0.0112. The first-order valence-electron chi connectivity index (χ1n) is 8.00. The van der Waals surface area contributed by atoms with Crippen LogP contribution in [0.15, 0.2) is 35.0 Å². The number of amides is 2. The lowest BCUT2D eigenvalue weighted by Gasteiger charge is -2.21. The van der Waals surface area contributed by atoms with E-state index in [0.29, 0.717) is 19.7 Å². The van der Waals surface area contributed by atoms with Gasteiger partial charge in [-0.3, -0.25) is 9.59 Å². The van der Waals surface area contributed by atoms with Crippen LogP contribution < -0.4 is 5.32 Å². The number of carbonyl (C=O) groups excluding carboxylic acids is 2. The van der Waals surface area contributed by atoms with Gasteiger partial charge < -0.3 is 15.0 Å². The molecule has 2 aliphatic heterocycles. The number of nitrogens with one attached hydrogen (secondary N) is 1. The molecular formula is C17H18N2O3S2. The number of fused-ring (bicyclic) bond motifs is 1. The van der Waals surface area contributed by atoms with Gasteiger partial charge in [-0.1, -0.05) is 12.1 Å². The fourth-order valence-corrected chi connectivity index (χ4v) is 4.82. The summed E-state index contributed by atoms with van der Waals surface area (Å²) in [5.74, 6) is -0.304. The van der Waals surface area contributed by atoms with E-state index in [9.17, 15) is 9.59 Å². The molecule has 0 unspecified atom stereocenters. The second-order valence-electron chi connectivity index (χ2n) is 6.03. The van der Waals surface area contributed by atoms with Crippen LogP contribution in [0.1, 0.15) is 21.0 Å². The summed E-state index contributed by atoms with van der Waals surface area (Å²) in [6.45, 7) is 1.57. The lowest BCUT2D eigenvalue weighted by Crippen LogP contribution is -2.37. The molecule has 0 saturated carbocycles. The van der Waals surface area contributed by atoms with Crippen LogP contribution >= 0.6 is 22.7 Å². The number of rotatable bonds is 4. The highest BCUT2D eigenvalue weighted by Gasteiger charge is 2.50. The zero-order valence-electron chi connectivity index (χ0n) is 13.0. The van der Waals surface area contributed by atoms with Crippen molar-refractivity contribution in [3.05, 3.63) is 44.8 Å². The molecule has 2 aromatic heterocycles. The summed E-state index contributed by atoms with van der Waals surface area (Å²) in [5, 5.41) is 6.88. The number of hydrogen-bond donors (Lipinski definition) is 1. The third kappa shape index (κ3) is 2.87. The Morgan fingerprint density at radius 2 is 2.08 bits per heavy atom. The minimum Gasteiger partial charge on any atom is -0.375 e. The maximum Gasteiger partial charge on any atom is 0.264 e. The Kier molecular flexibility index (Phi) is 4.39. The van der Waals surface area contributed by atoms with E-state index in [4.69, 9.17) is 4.74 Å². The highest BCUT2D eigenvalue weighted by Crippen LogP contribution is 2.35. The number of likely N-dealkylation sites (tertiary alicyclic amines) is 1. The SMILES string of the molecule is O=C(NCc1cccs1)[C@@H]1CN(C(=O)c2cccs2)[C@@H]2CCO[C@H]21. The molecule has 2 saturated heterocycles. The lowest BCUT2D eigenvalue weighted by molar-refractivity contribution is -0.127. The first-order valence-corrected chi connectivity index (χ1v) is 9.76. The summed E-state index contributed by atoms with van der Waals surface area (Å²) in [5.41, 5.74) is 0. The fraction of sp³-hybridized carbons (Fsp3) is 0.412. The van der Waals surface area contributed by atoms with Crippen LogP contribution in [0.3, 0.4) is 0 Å². The summed E-state index contributed by atoms with van der Waals surface area (Å²) >= 11 is 3.06. The van der Waals surface area contributed by atoms with E-state index in [1.54, 1.807) is 11.3 Å². The van der Waals surface area contributed by atoms with Gasteiger partial charge in [-0.05, 0) is 29.3 Å². The summed E-state index contributed by atoms with van der Waals surface area (Å²) < 4.78 is 5.80. The molecule has 126 valence electrons. The largest absolute Gasteiger partial charge is 0.375 e. The van der Waals surface area contributed by atoms with E-state index >= 15 is 0 Å². The van der Waals surface area contributed by atoms with Crippen molar-refractivity contribution >= 4 is 34.5 Å². The molecule has 0 radical (unpaired) electrons. The zero-order chi connectivity index (χ0) is 16.5. The quantitative estimate of drug-likeness (QED) is 0.908. The molecule has 2 amide bonds. The Bertz CT molecular complexity index is 714. The molecule has 2 fully saturated rings. The molecule has 0 spiro atoms. The summed E-state index contributed by atoms with van der Waals surface area (Å²) in [7, 11) is 0. The van der Waals surface area contributed by atoms with E-state index in [2.05, 4.69) is 5.32 Å². The number of carbonyl (C=O) groups is 2. The van der Waals surface area contributed by atoms with Crippen LogP contribution in [0.4, 0.5) is 0 Å². The average Bonchev–Trinajstić information content (AvgIpc) is 3.37. The zero-order valence-corrected chi connectivity index (χ0v) is 14.6. The first kappa shape index (κ1) is 15.8. The van der Waals surface area contributed by atoms with Crippen molar-refractivity contribution in [1.82, 2.24) is 10.2 Å².